The summed E-state index contributed by atoms with van der Waals surface area (Å²) in [7, 11) is 0. The predicted molar refractivity (Wildman–Crippen MR) is 85.6 cm³/mol. The third-order valence-electron chi connectivity index (χ3n) is 4.58. The Bertz CT molecular complexity index is 616. The number of hydrogen-bond acceptors (Lipinski definition) is 5. The first-order valence-corrected chi connectivity index (χ1v) is 8.67. The van der Waals surface area contributed by atoms with E-state index < -0.39 is 0 Å². The van der Waals surface area contributed by atoms with Crippen molar-refractivity contribution in [2.75, 3.05) is 6.54 Å². The summed E-state index contributed by atoms with van der Waals surface area (Å²) < 4.78 is 1.92. The number of nitrogens with two attached hydrogens (primary N) is 1. The van der Waals surface area contributed by atoms with Crippen LogP contribution in [0.5, 0.6) is 0 Å². The molecule has 1 saturated carbocycles. The number of hydrogen-bond donors (Lipinski definition) is 1. The van der Waals surface area contributed by atoms with Crippen molar-refractivity contribution in [2.45, 2.75) is 64.7 Å². The van der Waals surface area contributed by atoms with Crippen molar-refractivity contribution in [3.05, 3.63) is 10.8 Å². The van der Waals surface area contributed by atoms with E-state index in [1.54, 1.807) is 11.3 Å². The van der Waals surface area contributed by atoms with Gasteiger partial charge in [-0.3, -0.25) is 0 Å². The van der Waals surface area contributed by atoms with Crippen LogP contribution >= 0.6 is 11.3 Å². The van der Waals surface area contributed by atoms with E-state index in [-0.39, 0.29) is 10.8 Å². The fourth-order valence-electron chi connectivity index (χ4n) is 3.27. The number of rotatable bonds is 3. The van der Waals surface area contributed by atoms with Gasteiger partial charge in [0.1, 0.15) is 5.01 Å². The zero-order chi connectivity index (χ0) is 15.1. The Morgan fingerprint density at radius 1 is 1.19 bits per heavy atom. The molecule has 0 spiro atoms. The topological polar surface area (TPSA) is 69.1 Å². The Morgan fingerprint density at radius 3 is 2.52 bits per heavy atom. The molecule has 5 nitrogen and oxygen atoms in total. The van der Waals surface area contributed by atoms with E-state index in [9.17, 15) is 0 Å². The maximum Gasteiger partial charge on any atom is 0.234 e. The van der Waals surface area contributed by atoms with Gasteiger partial charge in [0.05, 0.1) is 0 Å². The standard InChI is InChI=1S/C15H25N5S/c1-14(2,3)12-17-18-13-20(12)19-11(21-13)9-15(10-16)7-5-4-6-8-15/h4-10,16H2,1-3H3. The Labute approximate surface area is 129 Å². The third kappa shape index (κ3) is 2.83. The summed E-state index contributed by atoms with van der Waals surface area (Å²) in [6, 6.07) is 0. The molecular formula is C15H25N5S. The average Bonchev–Trinajstić information content (AvgIpc) is 2.98. The Morgan fingerprint density at radius 2 is 1.90 bits per heavy atom. The molecule has 0 atom stereocenters. The minimum absolute atomic E-state index is 0.0405. The molecule has 2 aromatic rings. The van der Waals surface area contributed by atoms with Gasteiger partial charge in [0, 0.05) is 11.8 Å². The van der Waals surface area contributed by atoms with Crippen LogP contribution < -0.4 is 5.73 Å². The zero-order valence-electron chi connectivity index (χ0n) is 13.2. The summed E-state index contributed by atoms with van der Waals surface area (Å²) in [5.41, 5.74) is 6.31. The highest BCUT2D eigenvalue weighted by Crippen LogP contribution is 2.39. The van der Waals surface area contributed by atoms with E-state index in [1.165, 1.54) is 32.1 Å². The second-order valence-electron chi connectivity index (χ2n) is 7.41. The van der Waals surface area contributed by atoms with Crippen molar-refractivity contribution < 1.29 is 0 Å². The molecular weight excluding hydrogens is 282 g/mol. The lowest BCUT2D eigenvalue weighted by atomic mass is 9.72. The van der Waals surface area contributed by atoms with Gasteiger partial charge in [0.2, 0.25) is 4.96 Å². The molecule has 1 fully saturated rings. The maximum atomic E-state index is 6.10. The molecule has 1 aliphatic rings. The van der Waals surface area contributed by atoms with Gasteiger partial charge in [-0.25, -0.2) is 0 Å². The van der Waals surface area contributed by atoms with Gasteiger partial charge in [-0.2, -0.15) is 9.61 Å². The molecule has 0 radical (unpaired) electrons. The van der Waals surface area contributed by atoms with Gasteiger partial charge in [-0.1, -0.05) is 51.4 Å². The Hall–Kier alpha value is -1.01. The molecule has 0 bridgehead atoms. The van der Waals surface area contributed by atoms with Crippen LogP contribution in [-0.2, 0) is 11.8 Å². The molecule has 2 aromatic heterocycles. The lowest BCUT2D eigenvalue weighted by molar-refractivity contribution is 0.196. The minimum atomic E-state index is -0.0405. The van der Waals surface area contributed by atoms with Crippen LogP contribution in [0.25, 0.3) is 4.96 Å². The van der Waals surface area contributed by atoms with Crippen molar-refractivity contribution in [1.82, 2.24) is 19.8 Å². The van der Waals surface area contributed by atoms with Crippen LogP contribution in [0, 0.1) is 5.41 Å². The summed E-state index contributed by atoms with van der Waals surface area (Å²) in [5.74, 6) is 0.936. The normalized spacial score (nSPS) is 19.2. The molecule has 2 N–H and O–H groups in total. The molecule has 0 amide bonds. The summed E-state index contributed by atoms with van der Waals surface area (Å²) in [4.78, 5) is 0.901. The first kappa shape index (κ1) is 14.9. The molecule has 6 heteroatoms. The summed E-state index contributed by atoms with van der Waals surface area (Å²) in [5, 5.41) is 14.5. The molecule has 21 heavy (non-hydrogen) atoms. The van der Waals surface area contributed by atoms with E-state index in [2.05, 4.69) is 31.0 Å². The Kier molecular flexibility index (Phi) is 3.78. The number of fused-ring (bicyclic) bond motifs is 1. The summed E-state index contributed by atoms with van der Waals surface area (Å²) >= 11 is 1.66. The van der Waals surface area contributed by atoms with Crippen molar-refractivity contribution in [3.63, 3.8) is 0 Å². The first-order chi connectivity index (χ1) is 9.93. The average molecular weight is 307 g/mol. The predicted octanol–water partition coefficient (Wildman–Crippen LogP) is 2.94. The first-order valence-electron chi connectivity index (χ1n) is 7.85. The number of aromatic nitrogens is 4. The van der Waals surface area contributed by atoms with E-state index in [1.807, 2.05) is 4.52 Å². The molecule has 116 valence electrons. The lowest BCUT2D eigenvalue weighted by Crippen LogP contribution is -2.34. The zero-order valence-corrected chi connectivity index (χ0v) is 14.0. The SMILES string of the molecule is CC(C)(C)c1nnc2sc(CC3(CN)CCCCC3)nn12. The molecule has 0 aromatic carbocycles. The fraction of sp³-hybridized carbons (Fsp3) is 0.800. The summed E-state index contributed by atoms with van der Waals surface area (Å²) in [6.07, 6.45) is 7.40. The van der Waals surface area contributed by atoms with Crippen LogP contribution in [0.3, 0.4) is 0 Å². The fourth-order valence-corrected chi connectivity index (χ4v) is 4.28. The van der Waals surface area contributed by atoms with Gasteiger partial charge < -0.3 is 5.73 Å². The van der Waals surface area contributed by atoms with Crippen LogP contribution in [-0.4, -0.2) is 26.4 Å². The molecule has 0 unspecified atom stereocenters. The van der Waals surface area contributed by atoms with Crippen LogP contribution in [0.4, 0.5) is 0 Å². The lowest BCUT2D eigenvalue weighted by Gasteiger charge is -2.35. The Balaban J connectivity index is 1.89. The molecule has 1 aliphatic carbocycles. The second-order valence-corrected chi connectivity index (χ2v) is 8.45. The van der Waals surface area contributed by atoms with Crippen LogP contribution in [0.2, 0.25) is 0 Å². The molecule has 0 aliphatic heterocycles. The van der Waals surface area contributed by atoms with E-state index in [4.69, 9.17) is 10.8 Å². The molecule has 0 saturated heterocycles. The summed E-state index contributed by atoms with van der Waals surface area (Å²) in [6.45, 7) is 7.19. The van der Waals surface area contributed by atoms with Crippen molar-refractivity contribution >= 4 is 16.3 Å². The van der Waals surface area contributed by atoms with Crippen molar-refractivity contribution in [3.8, 4) is 0 Å². The molecule has 3 rings (SSSR count). The van der Waals surface area contributed by atoms with Gasteiger partial charge in [-0.15, -0.1) is 10.2 Å². The highest BCUT2D eigenvalue weighted by atomic mass is 32.1. The van der Waals surface area contributed by atoms with Gasteiger partial charge in [-0.05, 0) is 24.8 Å². The number of nitrogens with zero attached hydrogens (tertiary/aromatic N) is 4. The van der Waals surface area contributed by atoms with Crippen LogP contribution in [0.1, 0.15) is 63.7 Å². The van der Waals surface area contributed by atoms with E-state index >= 15 is 0 Å². The van der Waals surface area contributed by atoms with Crippen molar-refractivity contribution in [1.29, 1.82) is 0 Å². The monoisotopic (exact) mass is 307 g/mol. The quantitative estimate of drug-likeness (QED) is 0.946. The smallest absolute Gasteiger partial charge is 0.234 e. The largest absolute Gasteiger partial charge is 0.330 e. The van der Waals surface area contributed by atoms with E-state index in [0.29, 0.717) is 0 Å². The van der Waals surface area contributed by atoms with Gasteiger partial charge in [0.15, 0.2) is 5.82 Å². The highest BCUT2D eigenvalue weighted by Gasteiger charge is 2.33. The second kappa shape index (κ2) is 5.32. The highest BCUT2D eigenvalue weighted by molar-refractivity contribution is 7.16. The third-order valence-corrected chi connectivity index (χ3v) is 5.48. The van der Waals surface area contributed by atoms with Gasteiger partial charge >= 0.3 is 0 Å². The van der Waals surface area contributed by atoms with E-state index in [0.717, 1.165) is 28.8 Å². The van der Waals surface area contributed by atoms with Crippen LogP contribution in [0.15, 0.2) is 0 Å². The van der Waals surface area contributed by atoms with Gasteiger partial charge in [0.25, 0.3) is 0 Å². The van der Waals surface area contributed by atoms with Crippen molar-refractivity contribution in [2.24, 2.45) is 11.1 Å². The minimum Gasteiger partial charge on any atom is -0.330 e. The maximum absolute atomic E-state index is 6.10. The molecule has 2 heterocycles.